The van der Waals surface area contributed by atoms with E-state index in [1.807, 2.05) is 42.5 Å². The summed E-state index contributed by atoms with van der Waals surface area (Å²) in [5.74, 6) is 1.58. The van der Waals surface area contributed by atoms with Crippen LogP contribution in [0, 0.1) is 5.41 Å². The normalized spacial score (nSPS) is 20.3. The zero-order chi connectivity index (χ0) is 19.9. The molecule has 0 saturated heterocycles. The van der Waals surface area contributed by atoms with E-state index in [0.29, 0.717) is 12.2 Å². The van der Waals surface area contributed by atoms with Gasteiger partial charge in [-0.05, 0) is 36.1 Å². The lowest BCUT2D eigenvalue weighted by molar-refractivity contribution is -0.118. The summed E-state index contributed by atoms with van der Waals surface area (Å²) < 4.78 is 11.0. The Morgan fingerprint density at radius 1 is 1.00 bits per heavy atom. The Balaban J connectivity index is 1.90. The van der Waals surface area contributed by atoms with Gasteiger partial charge in [0.15, 0.2) is 5.78 Å². The number of Topliss-reactive ketones (excluding diaryl/α,β-unsaturated/α-hetero) is 1. The molecule has 0 bridgehead atoms. The molecule has 1 aliphatic carbocycles. The van der Waals surface area contributed by atoms with Gasteiger partial charge in [-0.15, -0.1) is 0 Å². The van der Waals surface area contributed by atoms with Gasteiger partial charge < -0.3 is 20.1 Å². The number of benzene rings is 2. The molecule has 0 amide bonds. The van der Waals surface area contributed by atoms with E-state index in [1.54, 1.807) is 14.2 Å². The highest BCUT2D eigenvalue weighted by Gasteiger charge is 2.39. The fraction of sp³-hybridized carbons (Fsp3) is 0.348. The molecule has 2 aromatic rings. The van der Waals surface area contributed by atoms with Gasteiger partial charge in [-0.1, -0.05) is 26.0 Å². The molecule has 0 unspecified atom stereocenters. The van der Waals surface area contributed by atoms with Crippen molar-refractivity contribution in [3.8, 4) is 11.5 Å². The highest BCUT2D eigenvalue weighted by molar-refractivity contribution is 6.01. The molecule has 2 aliphatic rings. The standard InChI is InChI=1S/C23H26N2O3/c1-23(2)12-18-21(19(26)13-23)22(25-17-8-6-5-7-16(17)24-18)15-10-9-14(27-3)11-20(15)28-4/h5-11,22,24-25H,12-13H2,1-4H3/t22-/m1/s1. The van der Waals surface area contributed by atoms with Crippen LogP contribution in [0.5, 0.6) is 11.5 Å². The molecule has 0 spiro atoms. The third kappa shape index (κ3) is 3.21. The Morgan fingerprint density at radius 3 is 2.46 bits per heavy atom. The number of carbonyl (C=O) groups excluding carboxylic acids is 1. The smallest absolute Gasteiger partial charge is 0.163 e. The molecule has 5 heteroatoms. The second-order valence-electron chi connectivity index (χ2n) is 8.19. The maximum atomic E-state index is 13.3. The van der Waals surface area contributed by atoms with Gasteiger partial charge in [0.25, 0.3) is 0 Å². The van der Waals surface area contributed by atoms with Crippen LogP contribution in [0.1, 0.15) is 38.3 Å². The van der Waals surface area contributed by atoms with Crippen molar-refractivity contribution in [2.75, 3.05) is 24.9 Å². The number of fused-ring (bicyclic) bond motifs is 1. The maximum Gasteiger partial charge on any atom is 0.163 e. The van der Waals surface area contributed by atoms with Crippen LogP contribution >= 0.6 is 0 Å². The van der Waals surface area contributed by atoms with Gasteiger partial charge in [0.05, 0.1) is 31.6 Å². The minimum atomic E-state index is -0.296. The SMILES string of the molecule is COc1ccc([C@H]2Nc3ccccc3NC3=C2C(=O)CC(C)(C)C3)c(OC)c1. The zero-order valence-electron chi connectivity index (χ0n) is 16.8. The molecule has 1 atom stereocenters. The molecule has 28 heavy (non-hydrogen) atoms. The molecule has 1 heterocycles. The first-order chi connectivity index (χ1) is 13.4. The lowest BCUT2D eigenvalue weighted by atomic mass is 9.73. The van der Waals surface area contributed by atoms with Crippen LogP contribution < -0.4 is 20.1 Å². The maximum absolute atomic E-state index is 13.3. The third-order valence-corrected chi connectivity index (χ3v) is 5.47. The molecule has 0 aromatic heterocycles. The van der Waals surface area contributed by atoms with E-state index in [-0.39, 0.29) is 17.2 Å². The predicted molar refractivity (Wildman–Crippen MR) is 111 cm³/mol. The van der Waals surface area contributed by atoms with Crippen LogP contribution in [0.15, 0.2) is 53.7 Å². The summed E-state index contributed by atoms with van der Waals surface area (Å²) >= 11 is 0. The van der Waals surface area contributed by atoms with Crippen molar-refractivity contribution in [1.82, 2.24) is 0 Å². The van der Waals surface area contributed by atoms with E-state index in [4.69, 9.17) is 9.47 Å². The molecule has 0 fully saturated rings. The highest BCUT2D eigenvalue weighted by Crippen LogP contribution is 2.47. The van der Waals surface area contributed by atoms with Crippen LogP contribution in [-0.2, 0) is 4.79 Å². The number of nitrogens with one attached hydrogen (secondary N) is 2. The van der Waals surface area contributed by atoms with Crippen molar-refractivity contribution >= 4 is 17.2 Å². The van der Waals surface area contributed by atoms with Gasteiger partial charge >= 0.3 is 0 Å². The summed E-state index contributed by atoms with van der Waals surface area (Å²) in [6.07, 6.45) is 1.35. The third-order valence-electron chi connectivity index (χ3n) is 5.47. The van der Waals surface area contributed by atoms with E-state index in [9.17, 15) is 4.79 Å². The fourth-order valence-corrected chi connectivity index (χ4v) is 4.18. The first kappa shape index (κ1) is 18.4. The van der Waals surface area contributed by atoms with Gasteiger partial charge in [0, 0.05) is 29.3 Å². The molecule has 2 aromatic carbocycles. The summed E-state index contributed by atoms with van der Waals surface area (Å²) in [6, 6.07) is 13.5. The number of rotatable bonds is 3. The summed E-state index contributed by atoms with van der Waals surface area (Å²) in [7, 11) is 3.27. The van der Waals surface area contributed by atoms with Crippen molar-refractivity contribution in [3.63, 3.8) is 0 Å². The Labute approximate surface area is 165 Å². The van der Waals surface area contributed by atoms with E-state index < -0.39 is 0 Å². The van der Waals surface area contributed by atoms with Crippen molar-refractivity contribution < 1.29 is 14.3 Å². The average Bonchev–Trinajstić information content (AvgIpc) is 2.82. The molecule has 4 rings (SSSR count). The number of hydrogen-bond donors (Lipinski definition) is 2. The first-order valence-electron chi connectivity index (χ1n) is 9.52. The minimum absolute atomic E-state index is 0.0727. The zero-order valence-corrected chi connectivity index (χ0v) is 16.8. The highest BCUT2D eigenvalue weighted by atomic mass is 16.5. The number of anilines is 2. The monoisotopic (exact) mass is 378 g/mol. The van der Waals surface area contributed by atoms with E-state index in [0.717, 1.165) is 40.4 Å². The second-order valence-corrected chi connectivity index (χ2v) is 8.19. The summed E-state index contributed by atoms with van der Waals surface area (Å²) in [5, 5.41) is 7.12. The number of methoxy groups -OCH3 is 2. The Hall–Kier alpha value is -2.95. The fourth-order valence-electron chi connectivity index (χ4n) is 4.18. The second kappa shape index (κ2) is 6.89. The van der Waals surface area contributed by atoms with Crippen molar-refractivity contribution in [3.05, 3.63) is 59.3 Å². The van der Waals surface area contributed by atoms with Gasteiger partial charge in [-0.2, -0.15) is 0 Å². The topological polar surface area (TPSA) is 59.6 Å². The average molecular weight is 378 g/mol. The van der Waals surface area contributed by atoms with Crippen LogP contribution in [0.2, 0.25) is 0 Å². The molecule has 2 N–H and O–H groups in total. The largest absolute Gasteiger partial charge is 0.497 e. The lowest BCUT2D eigenvalue weighted by Gasteiger charge is -2.34. The number of para-hydroxylation sites is 2. The lowest BCUT2D eigenvalue weighted by Crippen LogP contribution is -2.31. The number of hydrogen-bond acceptors (Lipinski definition) is 5. The molecule has 5 nitrogen and oxygen atoms in total. The Bertz CT molecular complexity index is 962. The van der Waals surface area contributed by atoms with Crippen molar-refractivity contribution in [1.29, 1.82) is 0 Å². The van der Waals surface area contributed by atoms with Crippen molar-refractivity contribution in [2.24, 2.45) is 5.41 Å². The molecule has 146 valence electrons. The van der Waals surface area contributed by atoms with E-state index in [1.165, 1.54) is 0 Å². The first-order valence-corrected chi connectivity index (χ1v) is 9.52. The summed E-state index contributed by atoms with van der Waals surface area (Å²) in [5.41, 5.74) is 4.57. The number of allylic oxidation sites excluding steroid dienone is 1. The van der Waals surface area contributed by atoms with E-state index in [2.05, 4.69) is 24.5 Å². The summed E-state index contributed by atoms with van der Waals surface area (Å²) in [4.78, 5) is 13.3. The number of ketones is 1. The van der Waals surface area contributed by atoms with Gasteiger partial charge in [0.2, 0.25) is 0 Å². The van der Waals surface area contributed by atoms with Crippen LogP contribution in [0.3, 0.4) is 0 Å². The number of ether oxygens (including phenoxy) is 2. The minimum Gasteiger partial charge on any atom is -0.497 e. The molecule has 1 aliphatic heterocycles. The Morgan fingerprint density at radius 2 is 1.75 bits per heavy atom. The Kier molecular flexibility index (Phi) is 4.53. The quantitative estimate of drug-likeness (QED) is 0.793. The predicted octanol–water partition coefficient (Wildman–Crippen LogP) is 4.93. The number of carbonyl (C=O) groups is 1. The van der Waals surface area contributed by atoms with Crippen LogP contribution in [-0.4, -0.2) is 20.0 Å². The van der Waals surface area contributed by atoms with Crippen molar-refractivity contribution in [2.45, 2.75) is 32.7 Å². The van der Waals surface area contributed by atoms with Gasteiger partial charge in [-0.25, -0.2) is 0 Å². The molecular formula is C23H26N2O3. The van der Waals surface area contributed by atoms with Gasteiger partial charge in [-0.3, -0.25) is 4.79 Å². The summed E-state index contributed by atoms with van der Waals surface area (Å²) in [6.45, 7) is 4.28. The van der Waals surface area contributed by atoms with Gasteiger partial charge in [0.1, 0.15) is 11.5 Å². The van der Waals surface area contributed by atoms with Crippen LogP contribution in [0.4, 0.5) is 11.4 Å². The molecule has 0 radical (unpaired) electrons. The van der Waals surface area contributed by atoms with E-state index >= 15 is 0 Å². The molecular weight excluding hydrogens is 352 g/mol. The van der Waals surface area contributed by atoms with Crippen LogP contribution in [0.25, 0.3) is 0 Å². The molecule has 0 saturated carbocycles.